The summed E-state index contributed by atoms with van der Waals surface area (Å²) in [5.41, 5.74) is 5.67. The van der Waals surface area contributed by atoms with Gasteiger partial charge in [-0.05, 0) is 52.5 Å². The van der Waals surface area contributed by atoms with E-state index in [0.29, 0.717) is 5.69 Å². The number of nitrogens with one attached hydrogen (secondary N) is 1. The number of anilines is 1. The van der Waals surface area contributed by atoms with E-state index in [1.165, 1.54) is 12.1 Å². The van der Waals surface area contributed by atoms with Gasteiger partial charge in [0, 0.05) is 15.0 Å². The van der Waals surface area contributed by atoms with Crippen LogP contribution in [0.2, 0.25) is 0 Å². The molecule has 1 atom stereocenters. The van der Waals surface area contributed by atoms with E-state index in [1.54, 1.807) is 17.4 Å². The Morgan fingerprint density at radius 3 is 2.79 bits per heavy atom. The van der Waals surface area contributed by atoms with Crippen LogP contribution in [0.5, 0.6) is 0 Å². The van der Waals surface area contributed by atoms with Crippen LogP contribution in [-0.4, -0.2) is 5.91 Å². The van der Waals surface area contributed by atoms with Gasteiger partial charge in [0.1, 0.15) is 5.82 Å². The summed E-state index contributed by atoms with van der Waals surface area (Å²) in [6.07, 6.45) is 0. The third-order valence-corrected chi connectivity index (χ3v) is 4.71. The minimum absolute atomic E-state index is 0.0422. The second kappa shape index (κ2) is 5.71. The molecule has 2 aromatic rings. The molecular formula is C13H12BrFN2OS. The van der Waals surface area contributed by atoms with Crippen LogP contribution in [0.25, 0.3) is 0 Å². The molecule has 0 aliphatic heterocycles. The van der Waals surface area contributed by atoms with E-state index in [4.69, 9.17) is 5.73 Å². The summed E-state index contributed by atoms with van der Waals surface area (Å²) < 4.78 is 14.4. The first-order valence-corrected chi connectivity index (χ1v) is 7.25. The molecule has 0 spiro atoms. The SMILES string of the molecule is CC(Nc1ccc(F)c(C(N)=O)c1)c1sccc1Br. The topological polar surface area (TPSA) is 55.1 Å². The third kappa shape index (κ3) is 3.13. The Labute approximate surface area is 122 Å². The fourth-order valence-corrected chi connectivity index (χ4v) is 3.46. The van der Waals surface area contributed by atoms with Crippen LogP contribution in [0.4, 0.5) is 10.1 Å². The highest BCUT2D eigenvalue weighted by molar-refractivity contribution is 9.10. The van der Waals surface area contributed by atoms with E-state index < -0.39 is 11.7 Å². The molecular weight excluding hydrogens is 331 g/mol. The van der Waals surface area contributed by atoms with E-state index >= 15 is 0 Å². The van der Waals surface area contributed by atoms with Crippen molar-refractivity contribution < 1.29 is 9.18 Å². The maximum Gasteiger partial charge on any atom is 0.251 e. The van der Waals surface area contributed by atoms with Crippen LogP contribution < -0.4 is 11.1 Å². The first-order valence-electron chi connectivity index (χ1n) is 5.58. The maximum absolute atomic E-state index is 13.4. The molecule has 19 heavy (non-hydrogen) atoms. The Hall–Kier alpha value is -1.40. The monoisotopic (exact) mass is 342 g/mol. The van der Waals surface area contributed by atoms with Crippen LogP contribution >= 0.6 is 27.3 Å². The lowest BCUT2D eigenvalue weighted by Gasteiger charge is -2.15. The van der Waals surface area contributed by atoms with Crippen LogP contribution in [0, 0.1) is 5.82 Å². The van der Waals surface area contributed by atoms with E-state index in [1.807, 2.05) is 18.4 Å². The number of carbonyl (C=O) groups excluding carboxylic acids is 1. The highest BCUT2D eigenvalue weighted by Crippen LogP contribution is 2.31. The second-order valence-corrected chi connectivity index (χ2v) is 5.86. The Morgan fingerprint density at radius 2 is 2.21 bits per heavy atom. The zero-order valence-electron chi connectivity index (χ0n) is 10.1. The summed E-state index contributed by atoms with van der Waals surface area (Å²) >= 11 is 5.08. The lowest BCUT2D eigenvalue weighted by Crippen LogP contribution is -2.14. The summed E-state index contributed by atoms with van der Waals surface area (Å²) in [5.74, 6) is -1.38. The van der Waals surface area contributed by atoms with Gasteiger partial charge in [-0.1, -0.05) is 0 Å². The van der Waals surface area contributed by atoms with Crippen molar-refractivity contribution in [3.63, 3.8) is 0 Å². The minimum atomic E-state index is -0.772. The maximum atomic E-state index is 13.4. The molecule has 1 amide bonds. The van der Waals surface area contributed by atoms with Gasteiger partial charge in [0.2, 0.25) is 0 Å². The summed E-state index contributed by atoms with van der Waals surface area (Å²) in [6, 6.07) is 6.26. The number of hydrogen-bond donors (Lipinski definition) is 2. The largest absolute Gasteiger partial charge is 0.378 e. The lowest BCUT2D eigenvalue weighted by molar-refractivity contribution is 0.0996. The average Bonchev–Trinajstić information content (AvgIpc) is 2.77. The number of primary amides is 1. The standard InChI is InChI=1S/C13H12BrFN2OS/c1-7(12-10(14)4-5-19-12)17-8-2-3-11(15)9(6-8)13(16)18/h2-7,17H,1H3,(H2,16,18). The van der Waals surface area contributed by atoms with Crippen molar-refractivity contribution in [2.75, 3.05) is 5.32 Å². The molecule has 0 saturated heterocycles. The molecule has 1 aromatic carbocycles. The van der Waals surface area contributed by atoms with Gasteiger partial charge in [0.25, 0.3) is 5.91 Å². The summed E-state index contributed by atoms with van der Waals surface area (Å²) in [6.45, 7) is 1.99. The summed E-state index contributed by atoms with van der Waals surface area (Å²) in [4.78, 5) is 12.2. The van der Waals surface area contributed by atoms with Gasteiger partial charge in [-0.25, -0.2) is 4.39 Å². The first-order chi connectivity index (χ1) is 8.99. The molecule has 3 nitrogen and oxygen atoms in total. The van der Waals surface area contributed by atoms with Crippen LogP contribution in [-0.2, 0) is 0 Å². The lowest BCUT2D eigenvalue weighted by atomic mass is 10.1. The van der Waals surface area contributed by atoms with Gasteiger partial charge in [0.05, 0.1) is 11.6 Å². The highest BCUT2D eigenvalue weighted by atomic mass is 79.9. The number of carbonyl (C=O) groups is 1. The zero-order valence-corrected chi connectivity index (χ0v) is 12.5. The summed E-state index contributed by atoms with van der Waals surface area (Å²) in [7, 11) is 0. The predicted octanol–water partition coefficient (Wildman–Crippen LogP) is 3.92. The number of amides is 1. The van der Waals surface area contributed by atoms with Crippen LogP contribution in [0.3, 0.4) is 0 Å². The van der Waals surface area contributed by atoms with Gasteiger partial charge in [0.15, 0.2) is 0 Å². The molecule has 3 N–H and O–H groups in total. The van der Waals surface area contributed by atoms with Crippen molar-refractivity contribution in [1.82, 2.24) is 0 Å². The van der Waals surface area contributed by atoms with Crippen molar-refractivity contribution in [2.24, 2.45) is 5.73 Å². The van der Waals surface area contributed by atoms with Crippen molar-refractivity contribution >= 4 is 38.9 Å². The van der Waals surface area contributed by atoms with E-state index in [9.17, 15) is 9.18 Å². The molecule has 1 aromatic heterocycles. The number of rotatable bonds is 4. The zero-order chi connectivity index (χ0) is 14.0. The normalized spacial score (nSPS) is 12.2. The molecule has 0 saturated carbocycles. The second-order valence-electron chi connectivity index (χ2n) is 4.06. The fourth-order valence-electron chi connectivity index (χ4n) is 1.73. The van der Waals surface area contributed by atoms with E-state index in [2.05, 4.69) is 21.2 Å². The quantitative estimate of drug-likeness (QED) is 0.884. The average molecular weight is 343 g/mol. The molecule has 0 bridgehead atoms. The number of nitrogens with two attached hydrogens (primary N) is 1. The van der Waals surface area contributed by atoms with Gasteiger partial charge in [-0.3, -0.25) is 4.79 Å². The van der Waals surface area contributed by atoms with Crippen molar-refractivity contribution in [2.45, 2.75) is 13.0 Å². The molecule has 0 aliphatic carbocycles. The van der Waals surface area contributed by atoms with Gasteiger partial charge in [-0.2, -0.15) is 0 Å². The van der Waals surface area contributed by atoms with Gasteiger partial charge >= 0.3 is 0 Å². The fraction of sp³-hybridized carbons (Fsp3) is 0.154. The number of halogens is 2. The molecule has 0 fully saturated rings. The predicted molar refractivity (Wildman–Crippen MR) is 79.0 cm³/mol. The Kier molecular flexibility index (Phi) is 4.21. The third-order valence-electron chi connectivity index (χ3n) is 2.65. The van der Waals surface area contributed by atoms with Crippen LogP contribution in [0.1, 0.15) is 28.2 Å². The van der Waals surface area contributed by atoms with Gasteiger partial charge in [-0.15, -0.1) is 11.3 Å². The van der Waals surface area contributed by atoms with Crippen molar-refractivity contribution in [3.05, 3.63) is 50.4 Å². The number of hydrogen-bond acceptors (Lipinski definition) is 3. The van der Waals surface area contributed by atoms with Gasteiger partial charge < -0.3 is 11.1 Å². The molecule has 2 rings (SSSR count). The Morgan fingerprint density at radius 1 is 1.47 bits per heavy atom. The molecule has 0 radical (unpaired) electrons. The van der Waals surface area contributed by atoms with E-state index in [0.717, 1.165) is 9.35 Å². The van der Waals surface area contributed by atoms with Crippen LogP contribution in [0.15, 0.2) is 34.1 Å². The first kappa shape index (κ1) is 14.0. The smallest absolute Gasteiger partial charge is 0.251 e. The highest BCUT2D eigenvalue weighted by Gasteiger charge is 2.13. The Bertz CT molecular complexity index is 614. The van der Waals surface area contributed by atoms with Crippen molar-refractivity contribution in [3.8, 4) is 0 Å². The Balaban J connectivity index is 2.22. The number of thiophene rings is 1. The van der Waals surface area contributed by atoms with E-state index in [-0.39, 0.29) is 11.6 Å². The number of benzene rings is 1. The molecule has 0 aliphatic rings. The molecule has 6 heteroatoms. The summed E-state index contributed by atoms with van der Waals surface area (Å²) in [5, 5.41) is 5.20. The van der Waals surface area contributed by atoms with Crippen molar-refractivity contribution in [1.29, 1.82) is 0 Å². The molecule has 1 heterocycles. The molecule has 100 valence electrons. The molecule has 1 unspecified atom stereocenters. The minimum Gasteiger partial charge on any atom is -0.378 e.